The van der Waals surface area contributed by atoms with Gasteiger partial charge in [-0.2, -0.15) is 0 Å². The number of esters is 1. The molecule has 0 fully saturated rings. The molecule has 0 atom stereocenters. The molecule has 2 aromatic carbocycles. The van der Waals surface area contributed by atoms with Crippen molar-refractivity contribution >= 4 is 35.4 Å². The molecule has 5 amide bonds. The third kappa shape index (κ3) is 4.12. The molecule has 1 heterocycles. The fraction of sp³-hybridized carbons (Fsp3) is 0.150. The van der Waals surface area contributed by atoms with E-state index in [0.29, 0.717) is 18.0 Å². The molecule has 0 bridgehead atoms. The van der Waals surface area contributed by atoms with Gasteiger partial charge in [-0.15, -0.1) is 0 Å². The van der Waals surface area contributed by atoms with Crippen molar-refractivity contribution in [3.05, 3.63) is 59.2 Å². The second kappa shape index (κ2) is 8.43. The first-order valence-electron chi connectivity index (χ1n) is 8.84. The molecule has 0 saturated carbocycles. The molecule has 10 heteroatoms. The summed E-state index contributed by atoms with van der Waals surface area (Å²) < 4.78 is 10.1. The summed E-state index contributed by atoms with van der Waals surface area (Å²) in [6, 6.07) is 9.23. The molecule has 3 N–H and O–H groups in total. The minimum Gasteiger partial charge on any atom is -0.494 e. The van der Waals surface area contributed by atoms with Crippen molar-refractivity contribution in [2.75, 3.05) is 18.1 Å². The van der Waals surface area contributed by atoms with Crippen molar-refractivity contribution in [1.82, 2.24) is 5.32 Å². The topological polar surface area (TPSA) is 145 Å². The number of nitrogens with one attached hydrogen (secondary N) is 1. The summed E-state index contributed by atoms with van der Waals surface area (Å²) in [4.78, 5) is 60.5. The zero-order valence-electron chi connectivity index (χ0n) is 15.8. The summed E-state index contributed by atoms with van der Waals surface area (Å²) in [5, 5.41) is 1.75. The van der Waals surface area contributed by atoms with Gasteiger partial charge < -0.3 is 15.2 Å². The number of fused-ring (bicyclic) bond motifs is 1. The van der Waals surface area contributed by atoms with E-state index < -0.39 is 36.3 Å². The van der Waals surface area contributed by atoms with E-state index in [4.69, 9.17) is 15.2 Å². The van der Waals surface area contributed by atoms with Crippen molar-refractivity contribution in [2.45, 2.75) is 6.92 Å². The first kappa shape index (κ1) is 20.5. The number of carbonyl (C=O) groups is 5. The maximum Gasteiger partial charge on any atom is 0.338 e. The Labute approximate surface area is 170 Å². The Bertz CT molecular complexity index is 1050. The molecule has 1 aliphatic heterocycles. The van der Waals surface area contributed by atoms with Gasteiger partial charge in [-0.1, -0.05) is 0 Å². The lowest BCUT2D eigenvalue weighted by Gasteiger charge is -2.14. The number of benzene rings is 2. The fourth-order valence-electron chi connectivity index (χ4n) is 2.85. The van der Waals surface area contributed by atoms with Gasteiger partial charge >= 0.3 is 12.0 Å². The number of amides is 5. The number of hydrogen-bond acceptors (Lipinski definition) is 7. The normalized spacial score (nSPS) is 12.4. The molecule has 30 heavy (non-hydrogen) atoms. The molecule has 1 aliphatic rings. The Morgan fingerprint density at radius 2 is 1.67 bits per heavy atom. The van der Waals surface area contributed by atoms with Gasteiger partial charge in [0.2, 0.25) is 0 Å². The van der Waals surface area contributed by atoms with E-state index in [1.807, 2.05) is 6.92 Å². The number of nitrogens with zero attached hydrogens (tertiary/aromatic N) is 1. The van der Waals surface area contributed by atoms with E-state index in [0.717, 1.165) is 4.90 Å². The van der Waals surface area contributed by atoms with Gasteiger partial charge in [0.25, 0.3) is 17.7 Å². The second-order valence-corrected chi connectivity index (χ2v) is 6.12. The third-order valence-corrected chi connectivity index (χ3v) is 4.13. The highest BCUT2D eigenvalue weighted by molar-refractivity contribution is 6.34. The minimum atomic E-state index is -1.08. The van der Waals surface area contributed by atoms with Crippen LogP contribution in [-0.4, -0.2) is 42.9 Å². The number of carbonyl (C=O) groups excluding carboxylic acids is 5. The summed E-state index contributed by atoms with van der Waals surface area (Å²) in [7, 11) is 0. The molecule has 2 aromatic rings. The maximum atomic E-state index is 12.8. The van der Waals surface area contributed by atoms with Crippen LogP contribution >= 0.6 is 0 Å². The Morgan fingerprint density at radius 1 is 1.00 bits per heavy atom. The highest BCUT2D eigenvalue weighted by Gasteiger charge is 2.37. The number of imide groups is 2. The van der Waals surface area contributed by atoms with Crippen LogP contribution in [0.4, 0.5) is 10.5 Å². The largest absolute Gasteiger partial charge is 0.494 e. The Kier molecular flexibility index (Phi) is 5.77. The Balaban J connectivity index is 1.77. The summed E-state index contributed by atoms with van der Waals surface area (Å²) in [6.45, 7) is 1.59. The zero-order valence-corrected chi connectivity index (χ0v) is 15.8. The highest BCUT2D eigenvalue weighted by atomic mass is 16.5. The van der Waals surface area contributed by atoms with Gasteiger partial charge in [-0.25, -0.2) is 14.5 Å². The Morgan fingerprint density at radius 3 is 2.30 bits per heavy atom. The van der Waals surface area contributed by atoms with Crippen molar-refractivity contribution in [1.29, 1.82) is 0 Å². The van der Waals surface area contributed by atoms with Crippen molar-refractivity contribution in [2.24, 2.45) is 5.73 Å². The summed E-state index contributed by atoms with van der Waals surface area (Å²) in [6.07, 6.45) is 0. The van der Waals surface area contributed by atoms with Crippen LogP contribution in [0, 0.1) is 0 Å². The lowest BCUT2D eigenvalue weighted by Crippen LogP contribution is -2.37. The van der Waals surface area contributed by atoms with Gasteiger partial charge in [0.15, 0.2) is 6.61 Å². The molecule has 10 nitrogen and oxygen atoms in total. The van der Waals surface area contributed by atoms with Crippen LogP contribution in [-0.2, 0) is 9.53 Å². The number of ether oxygens (including phenoxy) is 2. The molecule has 0 aromatic heterocycles. The van der Waals surface area contributed by atoms with E-state index in [-0.39, 0.29) is 16.7 Å². The average molecular weight is 411 g/mol. The lowest BCUT2D eigenvalue weighted by molar-refractivity contribution is -0.123. The Hall–Kier alpha value is -4.21. The lowest BCUT2D eigenvalue weighted by atomic mass is 10.1. The van der Waals surface area contributed by atoms with Crippen molar-refractivity contribution in [3.63, 3.8) is 0 Å². The first-order chi connectivity index (χ1) is 14.3. The standard InChI is InChI=1S/C20H17N3O7/c1-2-29-13-6-4-12(5-7-13)23-17(25)14-8-3-11(9-15(14)18(23)26)19(27)30-10-16(24)22-20(21)28/h3-9H,2,10H2,1H3,(H3,21,22,24,28). The minimum absolute atomic E-state index is 0.0321. The van der Waals surface area contributed by atoms with Crippen LogP contribution in [0.25, 0.3) is 0 Å². The zero-order chi connectivity index (χ0) is 21.8. The fourth-order valence-corrected chi connectivity index (χ4v) is 2.85. The van der Waals surface area contributed by atoms with E-state index in [1.54, 1.807) is 29.6 Å². The smallest absolute Gasteiger partial charge is 0.338 e. The molecular weight excluding hydrogens is 394 g/mol. The highest BCUT2D eigenvalue weighted by Crippen LogP contribution is 2.30. The van der Waals surface area contributed by atoms with E-state index in [1.165, 1.54) is 18.2 Å². The SMILES string of the molecule is CCOc1ccc(N2C(=O)c3ccc(C(=O)OCC(=O)NC(N)=O)cc3C2=O)cc1. The van der Waals surface area contributed by atoms with Crippen LogP contribution in [0.1, 0.15) is 38.0 Å². The molecule has 3 rings (SSSR count). The molecule has 0 spiro atoms. The van der Waals surface area contributed by atoms with Crippen molar-refractivity contribution < 1.29 is 33.4 Å². The van der Waals surface area contributed by atoms with E-state index >= 15 is 0 Å². The number of nitrogens with two attached hydrogens (primary N) is 1. The third-order valence-electron chi connectivity index (χ3n) is 4.13. The maximum absolute atomic E-state index is 12.8. The van der Waals surface area contributed by atoms with Crippen LogP contribution < -0.4 is 20.7 Å². The van der Waals surface area contributed by atoms with Crippen LogP contribution in [0.2, 0.25) is 0 Å². The van der Waals surface area contributed by atoms with Gasteiger partial charge in [-0.3, -0.25) is 19.7 Å². The number of urea groups is 1. The van der Waals surface area contributed by atoms with Gasteiger partial charge in [-0.05, 0) is 49.4 Å². The molecule has 0 unspecified atom stereocenters. The van der Waals surface area contributed by atoms with Crippen LogP contribution in [0.5, 0.6) is 5.75 Å². The summed E-state index contributed by atoms with van der Waals surface area (Å²) in [5.41, 5.74) is 5.29. The number of primary amides is 1. The summed E-state index contributed by atoms with van der Waals surface area (Å²) >= 11 is 0. The van der Waals surface area contributed by atoms with Crippen LogP contribution in [0.15, 0.2) is 42.5 Å². The molecule has 0 saturated heterocycles. The van der Waals surface area contributed by atoms with E-state index in [9.17, 15) is 24.0 Å². The van der Waals surface area contributed by atoms with Crippen LogP contribution in [0.3, 0.4) is 0 Å². The predicted octanol–water partition coefficient (Wildman–Crippen LogP) is 1.24. The average Bonchev–Trinajstić information content (AvgIpc) is 2.96. The van der Waals surface area contributed by atoms with Gasteiger partial charge in [0.05, 0.1) is 29.0 Å². The molecular formula is C20H17N3O7. The molecule has 154 valence electrons. The predicted molar refractivity (Wildman–Crippen MR) is 103 cm³/mol. The number of anilines is 1. The number of rotatable bonds is 6. The molecule has 0 aliphatic carbocycles. The van der Waals surface area contributed by atoms with Gasteiger partial charge in [0.1, 0.15) is 5.75 Å². The van der Waals surface area contributed by atoms with Crippen molar-refractivity contribution in [3.8, 4) is 5.75 Å². The first-order valence-corrected chi connectivity index (χ1v) is 8.84. The second-order valence-electron chi connectivity index (χ2n) is 6.12. The molecule has 0 radical (unpaired) electrons. The monoisotopic (exact) mass is 411 g/mol. The van der Waals surface area contributed by atoms with Gasteiger partial charge in [0, 0.05) is 0 Å². The number of hydrogen-bond donors (Lipinski definition) is 2. The quantitative estimate of drug-likeness (QED) is 0.537. The van der Waals surface area contributed by atoms with E-state index in [2.05, 4.69) is 0 Å². The summed E-state index contributed by atoms with van der Waals surface area (Å²) in [5.74, 6) is -2.33.